The van der Waals surface area contributed by atoms with Crippen molar-refractivity contribution in [3.63, 3.8) is 0 Å². The Morgan fingerprint density at radius 2 is 1.93 bits per heavy atom. The minimum absolute atomic E-state index is 0.0562. The smallest absolute Gasteiger partial charge is 0.290 e. The Morgan fingerprint density at radius 3 is 2.71 bits per heavy atom. The molecule has 3 aromatic rings. The Labute approximate surface area is 165 Å². The molecular weight excluding hydrogens is 382 g/mol. The second-order valence-electron chi connectivity index (χ2n) is 6.53. The molecule has 144 valence electrons. The van der Waals surface area contributed by atoms with Crippen LogP contribution in [0, 0.1) is 0 Å². The molecule has 1 amide bonds. The van der Waals surface area contributed by atoms with Crippen LogP contribution in [0.2, 0.25) is 5.02 Å². The molecule has 2 atom stereocenters. The van der Waals surface area contributed by atoms with Crippen molar-refractivity contribution < 1.29 is 19.1 Å². The average molecular weight is 400 g/mol. The Balaban J connectivity index is 1.78. The molecule has 0 spiro atoms. The summed E-state index contributed by atoms with van der Waals surface area (Å²) in [5.41, 5.74) is 0.727. The number of rotatable bonds is 3. The van der Waals surface area contributed by atoms with Crippen molar-refractivity contribution >= 4 is 28.5 Å². The highest BCUT2D eigenvalue weighted by Crippen LogP contribution is 2.34. The van der Waals surface area contributed by atoms with Crippen LogP contribution in [-0.4, -0.2) is 41.8 Å². The summed E-state index contributed by atoms with van der Waals surface area (Å²) in [5.74, 6) is -0.506. The van der Waals surface area contributed by atoms with Gasteiger partial charge in [-0.15, -0.1) is 0 Å². The highest BCUT2D eigenvalue weighted by atomic mass is 35.5. The van der Waals surface area contributed by atoms with Crippen molar-refractivity contribution in [3.05, 3.63) is 81.2 Å². The third-order valence-electron chi connectivity index (χ3n) is 4.86. The van der Waals surface area contributed by atoms with Crippen LogP contribution in [0.3, 0.4) is 0 Å². The first-order valence-corrected chi connectivity index (χ1v) is 9.28. The van der Waals surface area contributed by atoms with Gasteiger partial charge in [0.1, 0.15) is 11.7 Å². The number of carbonyl (C=O) groups is 1. The summed E-state index contributed by atoms with van der Waals surface area (Å²) in [6, 6.07) is 14.5. The topological polar surface area (TPSA) is 80.0 Å². The molecule has 28 heavy (non-hydrogen) atoms. The number of carbonyl (C=O) groups excluding carboxylic acids is 1. The standard InChI is InChI=1S/C21H18ClNO5/c22-15-7-3-1-5-13(15)20-19(12-24)27-10-9-23(20)21(26)18-11-16(25)14-6-2-4-8-17(14)28-18/h1-8,11,19-20,24H,9-10,12H2/t19-,20-/m0/s1. The van der Waals surface area contributed by atoms with Gasteiger partial charge in [0.25, 0.3) is 5.91 Å². The average Bonchev–Trinajstić information content (AvgIpc) is 2.73. The molecule has 1 aliphatic rings. The van der Waals surface area contributed by atoms with Gasteiger partial charge in [0.05, 0.1) is 24.6 Å². The molecule has 2 heterocycles. The van der Waals surface area contributed by atoms with E-state index in [9.17, 15) is 14.7 Å². The molecule has 0 aliphatic carbocycles. The molecule has 1 aromatic heterocycles. The van der Waals surface area contributed by atoms with E-state index in [1.165, 1.54) is 6.07 Å². The van der Waals surface area contributed by atoms with E-state index in [0.717, 1.165) is 0 Å². The van der Waals surface area contributed by atoms with Gasteiger partial charge in [0.15, 0.2) is 11.2 Å². The van der Waals surface area contributed by atoms with Crippen LogP contribution in [0.4, 0.5) is 0 Å². The fourth-order valence-corrected chi connectivity index (χ4v) is 3.80. The highest BCUT2D eigenvalue weighted by molar-refractivity contribution is 6.31. The number of aliphatic hydroxyl groups is 1. The van der Waals surface area contributed by atoms with Gasteiger partial charge in [-0.1, -0.05) is 41.9 Å². The van der Waals surface area contributed by atoms with Gasteiger partial charge < -0.3 is 19.2 Å². The van der Waals surface area contributed by atoms with Crippen molar-refractivity contribution in [2.45, 2.75) is 12.1 Å². The number of ether oxygens (including phenoxy) is 1. The normalized spacial score (nSPS) is 19.7. The summed E-state index contributed by atoms with van der Waals surface area (Å²) in [6.07, 6.45) is -0.634. The van der Waals surface area contributed by atoms with E-state index in [1.807, 2.05) is 6.07 Å². The zero-order valence-electron chi connectivity index (χ0n) is 14.9. The predicted molar refractivity (Wildman–Crippen MR) is 105 cm³/mol. The number of hydrogen-bond donors (Lipinski definition) is 1. The van der Waals surface area contributed by atoms with E-state index in [0.29, 0.717) is 21.6 Å². The lowest BCUT2D eigenvalue weighted by molar-refractivity contribution is -0.0817. The number of halogens is 1. The van der Waals surface area contributed by atoms with Gasteiger partial charge in [-0.2, -0.15) is 0 Å². The number of hydrogen-bond acceptors (Lipinski definition) is 5. The lowest BCUT2D eigenvalue weighted by Gasteiger charge is -2.40. The molecule has 0 saturated carbocycles. The third kappa shape index (κ3) is 3.30. The number of nitrogens with zero attached hydrogens (tertiary/aromatic N) is 1. The van der Waals surface area contributed by atoms with E-state index < -0.39 is 18.1 Å². The maximum absolute atomic E-state index is 13.3. The number of benzene rings is 2. The van der Waals surface area contributed by atoms with E-state index >= 15 is 0 Å². The quantitative estimate of drug-likeness (QED) is 0.732. The summed E-state index contributed by atoms with van der Waals surface area (Å²) in [5, 5.41) is 10.7. The summed E-state index contributed by atoms with van der Waals surface area (Å²) in [7, 11) is 0. The lowest BCUT2D eigenvalue weighted by atomic mass is 9.97. The maximum atomic E-state index is 13.3. The van der Waals surface area contributed by atoms with Crippen molar-refractivity contribution in [2.75, 3.05) is 19.8 Å². The first kappa shape index (κ1) is 18.7. The zero-order chi connectivity index (χ0) is 19.7. The molecule has 0 radical (unpaired) electrons. The molecular formula is C21H18ClNO5. The Hall–Kier alpha value is -2.67. The van der Waals surface area contributed by atoms with Gasteiger partial charge in [0, 0.05) is 17.6 Å². The number of fused-ring (bicyclic) bond motifs is 1. The van der Waals surface area contributed by atoms with Crippen molar-refractivity contribution in [2.24, 2.45) is 0 Å². The van der Waals surface area contributed by atoms with Gasteiger partial charge in [-0.05, 0) is 23.8 Å². The molecule has 1 fully saturated rings. The van der Waals surface area contributed by atoms with Gasteiger partial charge in [-0.25, -0.2) is 0 Å². The van der Waals surface area contributed by atoms with Crippen molar-refractivity contribution in [3.8, 4) is 0 Å². The molecule has 1 saturated heterocycles. The molecule has 0 unspecified atom stereocenters. The molecule has 1 aliphatic heterocycles. The monoisotopic (exact) mass is 399 g/mol. The molecule has 7 heteroatoms. The lowest BCUT2D eigenvalue weighted by Crippen LogP contribution is -2.49. The van der Waals surface area contributed by atoms with Crippen molar-refractivity contribution in [1.29, 1.82) is 0 Å². The molecule has 2 aromatic carbocycles. The third-order valence-corrected chi connectivity index (χ3v) is 5.21. The second kappa shape index (κ2) is 7.75. The van der Waals surface area contributed by atoms with Crippen molar-refractivity contribution in [1.82, 2.24) is 4.90 Å². The fraction of sp³-hybridized carbons (Fsp3) is 0.238. The predicted octanol–water partition coefficient (Wildman–Crippen LogP) is 3.02. The molecule has 6 nitrogen and oxygen atoms in total. The first-order chi connectivity index (χ1) is 13.6. The van der Waals surface area contributed by atoms with E-state index in [2.05, 4.69) is 0 Å². The summed E-state index contributed by atoms with van der Waals surface area (Å²) >= 11 is 6.35. The minimum Gasteiger partial charge on any atom is -0.451 e. The largest absolute Gasteiger partial charge is 0.451 e. The Morgan fingerprint density at radius 1 is 1.18 bits per heavy atom. The summed E-state index contributed by atoms with van der Waals surface area (Å²) in [4.78, 5) is 27.2. The maximum Gasteiger partial charge on any atom is 0.290 e. The van der Waals surface area contributed by atoms with Crippen LogP contribution in [0.5, 0.6) is 0 Å². The summed E-state index contributed by atoms with van der Waals surface area (Å²) < 4.78 is 11.4. The van der Waals surface area contributed by atoms with Gasteiger partial charge in [0.2, 0.25) is 0 Å². The molecule has 0 bridgehead atoms. The van der Waals surface area contributed by atoms with Gasteiger partial charge >= 0.3 is 0 Å². The molecule has 1 N–H and O–H groups in total. The zero-order valence-corrected chi connectivity index (χ0v) is 15.6. The minimum atomic E-state index is -0.634. The Kier molecular flexibility index (Phi) is 5.17. The van der Waals surface area contributed by atoms with Crippen LogP contribution in [0.25, 0.3) is 11.0 Å². The fourth-order valence-electron chi connectivity index (χ4n) is 3.55. The summed E-state index contributed by atoms with van der Waals surface area (Å²) in [6.45, 7) is 0.263. The number of aliphatic hydroxyl groups excluding tert-OH is 1. The van der Waals surface area contributed by atoms with Crippen LogP contribution < -0.4 is 5.43 Å². The number of morpholine rings is 1. The van der Waals surface area contributed by atoms with E-state index in [1.54, 1.807) is 47.4 Å². The van der Waals surface area contributed by atoms with Crippen LogP contribution >= 0.6 is 11.6 Å². The van der Waals surface area contributed by atoms with Gasteiger partial charge in [-0.3, -0.25) is 9.59 Å². The van der Waals surface area contributed by atoms with E-state index in [4.69, 9.17) is 20.8 Å². The Bertz CT molecular complexity index is 1080. The van der Waals surface area contributed by atoms with Crippen LogP contribution in [0.15, 0.2) is 63.8 Å². The number of para-hydroxylation sites is 1. The number of amides is 1. The van der Waals surface area contributed by atoms with Crippen LogP contribution in [0.1, 0.15) is 22.2 Å². The van der Waals surface area contributed by atoms with Crippen LogP contribution in [-0.2, 0) is 4.74 Å². The molecule has 4 rings (SSSR count). The SMILES string of the molecule is O=C(c1cc(=O)c2ccccc2o1)N1CCO[C@@H](CO)[C@@H]1c1ccccc1Cl. The first-order valence-electron chi connectivity index (χ1n) is 8.91. The highest BCUT2D eigenvalue weighted by Gasteiger charge is 2.38. The second-order valence-corrected chi connectivity index (χ2v) is 6.93. The van der Waals surface area contributed by atoms with E-state index in [-0.39, 0.29) is 30.9 Å².